The second-order valence-electron chi connectivity index (χ2n) is 6.31. The van der Waals surface area contributed by atoms with E-state index in [2.05, 4.69) is 6.92 Å². The number of Topliss-reactive ketones (excluding diaryl/α,β-unsaturated/α-hetero) is 1. The Morgan fingerprint density at radius 3 is 1.77 bits per heavy atom. The third kappa shape index (κ3) is 15.9. The average molecular weight is 320 g/mol. The third-order valence-corrected chi connectivity index (χ3v) is 3.97. The zero-order valence-corrected chi connectivity index (χ0v) is 14.2. The molecule has 0 saturated carbocycles. The summed E-state index contributed by atoms with van der Waals surface area (Å²) in [5, 5.41) is 9.27. The average Bonchev–Trinajstić information content (AvgIpc) is 2.43. The Morgan fingerprint density at radius 2 is 1.32 bits per heavy atom. The number of halogens is 2. The number of unbranched alkanes of at least 4 members (excludes halogenated alkanes) is 10. The first-order chi connectivity index (χ1) is 10.6. The number of carbonyl (C=O) groups is 1. The monoisotopic (exact) mass is 320 g/mol. The van der Waals surface area contributed by atoms with Crippen LogP contribution in [-0.2, 0) is 4.79 Å². The summed E-state index contributed by atoms with van der Waals surface area (Å²) in [7, 11) is 0. The lowest BCUT2D eigenvalue weighted by molar-refractivity contribution is -0.121. The minimum absolute atomic E-state index is 0.0934. The van der Waals surface area contributed by atoms with Crippen molar-refractivity contribution in [3.63, 3.8) is 0 Å². The van der Waals surface area contributed by atoms with E-state index in [1.165, 1.54) is 51.4 Å². The van der Waals surface area contributed by atoms with Crippen LogP contribution >= 0.6 is 0 Å². The molecule has 0 saturated heterocycles. The van der Waals surface area contributed by atoms with E-state index >= 15 is 0 Å². The fraction of sp³-hybridized carbons (Fsp3) is 0.944. The first-order valence-corrected chi connectivity index (χ1v) is 9.04. The normalized spacial score (nSPS) is 12.8. The smallest absolute Gasteiger partial charge is 0.241 e. The van der Waals surface area contributed by atoms with Crippen LogP contribution in [0.2, 0.25) is 0 Å². The van der Waals surface area contributed by atoms with Crippen molar-refractivity contribution < 1.29 is 18.7 Å². The summed E-state index contributed by atoms with van der Waals surface area (Å²) < 4.78 is 24.0. The van der Waals surface area contributed by atoms with E-state index in [9.17, 15) is 18.7 Å². The molecule has 0 aromatic rings. The summed E-state index contributed by atoms with van der Waals surface area (Å²) in [6.45, 7) is 2.23. The maximum Gasteiger partial charge on any atom is 0.241 e. The van der Waals surface area contributed by atoms with E-state index < -0.39 is 19.0 Å². The Morgan fingerprint density at radius 1 is 0.864 bits per heavy atom. The molecule has 0 aliphatic heterocycles. The van der Waals surface area contributed by atoms with Crippen molar-refractivity contribution >= 4 is 5.78 Å². The van der Waals surface area contributed by atoms with Gasteiger partial charge in [-0.3, -0.25) is 4.79 Å². The van der Waals surface area contributed by atoms with Crippen LogP contribution in [0.4, 0.5) is 8.78 Å². The van der Waals surface area contributed by atoms with E-state index in [-0.39, 0.29) is 12.2 Å². The van der Waals surface area contributed by atoms with Crippen LogP contribution in [0, 0.1) is 0 Å². The van der Waals surface area contributed by atoms with E-state index in [1.807, 2.05) is 0 Å². The second kappa shape index (κ2) is 15.4. The van der Waals surface area contributed by atoms with Crippen molar-refractivity contribution in [2.24, 2.45) is 0 Å². The van der Waals surface area contributed by atoms with E-state index in [0.717, 1.165) is 19.3 Å². The number of rotatable bonds is 16. The molecule has 2 nitrogen and oxygen atoms in total. The number of ketones is 1. The van der Waals surface area contributed by atoms with E-state index in [0.29, 0.717) is 6.42 Å². The molecule has 0 aliphatic rings. The van der Waals surface area contributed by atoms with Crippen LogP contribution in [0.3, 0.4) is 0 Å². The lowest BCUT2D eigenvalue weighted by Gasteiger charge is -2.08. The van der Waals surface area contributed by atoms with Gasteiger partial charge < -0.3 is 5.11 Å². The van der Waals surface area contributed by atoms with Crippen LogP contribution in [0.25, 0.3) is 0 Å². The fourth-order valence-electron chi connectivity index (χ4n) is 2.64. The molecular formula is C18H34F2O2. The highest BCUT2D eigenvalue weighted by atomic mass is 19.3. The molecule has 132 valence electrons. The van der Waals surface area contributed by atoms with E-state index in [4.69, 9.17) is 0 Å². The van der Waals surface area contributed by atoms with Crippen molar-refractivity contribution in [1.82, 2.24) is 0 Å². The van der Waals surface area contributed by atoms with Gasteiger partial charge in [-0.25, -0.2) is 8.78 Å². The number of alkyl halides is 2. The number of carbonyl (C=O) groups excluding carboxylic acids is 1. The number of aliphatic hydroxyl groups is 1. The minimum atomic E-state index is -2.54. The van der Waals surface area contributed by atoms with Crippen LogP contribution in [-0.4, -0.2) is 23.4 Å². The van der Waals surface area contributed by atoms with E-state index in [1.54, 1.807) is 0 Å². The van der Waals surface area contributed by atoms with Crippen LogP contribution < -0.4 is 0 Å². The molecule has 0 aromatic heterocycles. The van der Waals surface area contributed by atoms with Gasteiger partial charge in [0.15, 0.2) is 0 Å². The predicted molar refractivity (Wildman–Crippen MR) is 87.3 cm³/mol. The topological polar surface area (TPSA) is 37.3 Å². The van der Waals surface area contributed by atoms with Gasteiger partial charge in [-0.1, -0.05) is 71.1 Å². The van der Waals surface area contributed by atoms with Gasteiger partial charge in [-0.15, -0.1) is 0 Å². The van der Waals surface area contributed by atoms with Crippen molar-refractivity contribution in [2.45, 2.75) is 109 Å². The Kier molecular flexibility index (Phi) is 15.0. The molecule has 0 fully saturated rings. The number of hydrogen-bond acceptors (Lipinski definition) is 2. The number of hydrogen-bond donors (Lipinski definition) is 1. The molecule has 0 spiro atoms. The zero-order chi connectivity index (χ0) is 16.6. The Bertz CT molecular complexity index is 257. The van der Waals surface area contributed by atoms with Crippen molar-refractivity contribution in [1.29, 1.82) is 0 Å². The number of aliphatic hydroxyl groups excluding tert-OH is 1. The van der Waals surface area contributed by atoms with Gasteiger partial charge >= 0.3 is 0 Å². The summed E-state index contributed by atoms with van der Waals surface area (Å²) >= 11 is 0. The van der Waals surface area contributed by atoms with Crippen LogP contribution in [0.1, 0.15) is 96.8 Å². The summed E-state index contributed by atoms with van der Waals surface area (Å²) in [6, 6.07) is 0. The summed E-state index contributed by atoms with van der Waals surface area (Å²) in [4.78, 5) is 11.5. The highest BCUT2D eigenvalue weighted by Gasteiger charge is 2.15. The highest BCUT2D eigenvalue weighted by molar-refractivity contribution is 5.78. The molecule has 0 amide bonds. The fourth-order valence-corrected chi connectivity index (χ4v) is 2.64. The van der Waals surface area contributed by atoms with Crippen molar-refractivity contribution in [2.75, 3.05) is 0 Å². The minimum Gasteiger partial charge on any atom is -0.392 e. The maximum atomic E-state index is 12.0. The predicted octanol–water partition coefficient (Wildman–Crippen LogP) is 5.66. The first-order valence-electron chi connectivity index (χ1n) is 9.04. The summed E-state index contributed by atoms with van der Waals surface area (Å²) in [6.07, 6.45) is 9.43. The molecule has 0 aliphatic carbocycles. The Hall–Kier alpha value is -0.510. The molecule has 0 radical (unpaired) electrons. The van der Waals surface area contributed by atoms with Gasteiger partial charge in [0.1, 0.15) is 5.78 Å². The molecule has 0 heterocycles. The summed E-state index contributed by atoms with van der Waals surface area (Å²) in [5.41, 5.74) is 0. The third-order valence-electron chi connectivity index (χ3n) is 3.97. The van der Waals surface area contributed by atoms with Gasteiger partial charge in [0.2, 0.25) is 6.43 Å². The van der Waals surface area contributed by atoms with Crippen molar-refractivity contribution in [3.05, 3.63) is 0 Å². The first kappa shape index (κ1) is 21.5. The SMILES string of the molecule is CCCCCCCCCCCCCC(=O)CC(O)CC(F)F. The maximum absolute atomic E-state index is 12.0. The molecule has 1 N–H and O–H groups in total. The van der Waals surface area contributed by atoms with Crippen LogP contribution in [0.5, 0.6) is 0 Å². The molecule has 0 rings (SSSR count). The second-order valence-corrected chi connectivity index (χ2v) is 6.31. The molecule has 1 atom stereocenters. The lowest BCUT2D eigenvalue weighted by atomic mass is 10.0. The lowest BCUT2D eigenvalue weighted by Crippen LogP contribution is -2.16. The van der Waals surface area contributed by atoms with Crippen LogP contribution in [0.15, 0.2) is 0 Å². The largest absolute Gasteiger partial charge is 0.392 e. The van der Waals surface area contributed by atoms with Crippen molar-refractivity contribution in [3.8, 4) is 0 Å². The van der Waals surface area contributed by atoms with Gasteiger partial charge in [0.05, 0.1) is 6.10 Å². The molecular weight excluding hydrogens is 286 g/mol. The molecule has 1 unspecified atom stereocenters. The molecule has 22 heavy (non-hydrogen) atoms. The Labute approximate surface area is 134 Å². The zero-order valence-electron chi connectivity index (χ0n) is 14.2. The Balaban J connectivity index is 3.26. The highest BCUT2D eigenvalue weighted by Crippen LogP contribution is 2.13. The summed E-state index contributed by atoms with van der Waals surface area (Å²) in [5.74, 6) is -0.0934. The van der Waals surface area contributed by atoms with Gasteiger partial charge in [0, 0.05) is 19.3 Å². The quantitative estimate of drug-likeness (QED) is 0.372. The standard InChI is InChI=1S/C18H34F2O2/c1-2-3-4-5-6-7-8-9-10-11-12-13-16(21)14-17(22)15-18(19)20/h17-18,22H,2-15H2,1H3. The van der Waals surface area contributed by atoms with Gasteiger partial charge in [-0.05, 0) is 6.42 Å². The molecule has 0 bridgehead atoms. The molecule has 4 heteroatoms. The van der Waals surface area contributed by atoms with Gasteiger partial charge in [0.25, 0.3) is 0 Å². The molecule has 0 aromatic carbocycles. The van der Waals surface area contributed by atoms with Gasteiger partial charge in [-0.2, -0.15) is 0 Å².